The van der Waals surface area contributed by atoms with Gasteiger partial charge in [-0.05, 0) is 57.9 Å². The summed E-state index contributed by atoms with van der Waals surface area (Å²) in [5.74, 6) is -0.482. The molecule has 1 amide bonds. The van der Waals surface area contributed by atoms with Gasteiger partial charge in [0.1, 0.15) is 5.25 Å². The molecule has 2 atom stereocenters. The fourth-order valence-electron chi connectivity index (χ4n) is 1.96. The molecule has 1 N–H and O–H groups in total. The van der Waals surface area contributed by atoms with Crippen molar-refractivity contribution in [1.82, 2.24) is 0 Å². The standard InChI is InChI=1S/C17H27NO3S2/c1-7-13(5)22-15-8-9-16(12(4)10-15)18-17(19)14(6)23(20,21)11(2)3/h8-11,13-14H,7H2,1-6H3,(H,18,19)/t13-,14+/m1/s1. The van der Waals surface area contributed by atoms with E-state index in [2.05, 4.69) is 19.2 Å². The van der Waals surface area contributed by atoms with Gasteiger partial charge >= 0.3 is 0 Å². The SMILES string of the molecule is CC[C@@H](C)Sc1ccc(NC(=O)[C@H](C)S(=O)(=O)C(C)C)c(C)c1. The van der Waals surface area contributed by atoms with E-state index in [1.807, 2.05) is 25.1 Å². The van der Waals surface area contributed by atoms with Crippen LogP contribution in [0, 0.1) is 6.92 Å². The van der Waals surface area contributed by atoms with Crippen LogP contribution in [0.2, 0.25) is 0 Å². The molecule has 0 heterocycles. The molecule has 6 heteroatoms. The van der Waals surface area contributed by atoms with Crippen LogP contribution in [0.1, 0.15) is 46.6 Å². The number of benzene rings is 1. The van der Waals surface area contributed by atoms with Gasteiger partial charge in [0.2, 0.25) is 5.91 Å². The third-order valence-electron chi connectivity index (χ3n) is 3.89. The second-order valence-corrected chi connectivity index (χ2v) is 10.4. The molecular weight excluding hydrogens is 330 g/mol. The molecule has 0 saturated heterocycles. The van der Waals surface area contributed by atoms with Crippen LogP contribution in [0.15, 0.2) is 23.1 Å². The van der Waals surface area contributed by atoms with E-state index in [4.69, 9.17) is 0 Å². The number of carbonyl (C=O) groups excluding carboxylic acids is 1. The number of thioether (sulfide) groups is 1. The summed E-state index contributed by atoms with van der Waals surface area (Å²) in [6.07, 6.45) is 1.09. The first kappa shape index (κ1) is 20.0. The molecule has 1 aromatic rings. The fourth-order valence-corrected chi connectivity index (χ4v) is 4.15. The third-order valence-corrected chi connectivity index (χ3v) is 7.66. The molecule has 23 heavy (non-hydrogen) atoms. The lowest BCUT2D eigenvalue weighted by molar-refractivity contribution is -0.115. The molecule has 1 rings (SSSR count). The van der Waals surface area contributed by atoms with E-state index in [9.17, 15) is 13.2 Å². The zero-order valence-corrected chi connectivity index (χ0v) is 16.3. The van der Waals surface area contributed by atoms with Crippen molar-refractivity contribution in [3.05, 3.63) is 23.8 Å². The molecule has 0 spiro atoms. The normalized spacial score (nSPS) is 14.6. The topological polar surface area (TPSA) is 63.2 Å². The van der Waals surface area contributed by atoms with Crippen molar-refractivity contribution < 1.29 is 13.2 Å². The van der Waals surface area contributed by atoms with Crippen molar-refractivity contribution in [3.8, 4) is 0 Å². The Morgan fingerprint density at radius 3 is 2.30 bits per heavy atom. The van der Waals surface area contributed by atoms with Crippen LogP contribution in [0.3, 0.4) is 0 Å². The average Bonchev–Trinajstić information content (AvgIpc) is 2.48. The maximum absolute atomic E-state index is 12.2. The van der Waals surface area contributed by atoms with E-state index in [1.165, 1.54) is 6.92 Å². The van der Waals surface area contributed by atoms with Gasteiger partial charge in [0, 0.05) is 15.8 Å². The lowest BCUT2D eigenvalue weighted by atomic mass is 10.2. The van der Waals surface area contributed by atoms with Gasteiger partial charge in [-0.1, -0.05) is 13.8 Å². The number of sulfone groups is 1. The van der Waals surface area contributed by atoms with Crippen molar-refractivity contribution in [2.45, 2.75) is 68.6 Å². The first-order valence-corrected chi connectivity index (χ1v) is 10.4. The molecule has 130 valence electrons. The van der Waals surface area contributed by atoms with Crippen molar-refractivity contribution in [2.24, 2.45) is 0 Å². The first-order valence-electron chi connectivity index (χ1n) is 7.90. The zero-order valence-electron chi connectivity index (χ0n) is 14.7. The zero-order chi connectivity index (χ0) is 17.8. The summed E-state index contributed by atoms with van der Waals surface area (Å²) < 4.78 is 24.2. The second-order valence-electron chi connectivity index (χ2n) is 6.08. The number of hydrogen-bond acceptors (Lipinski definition) is 4. The molecule has 0 bridgehead atoms. The minimum Gasteiger partial charge on any atom is -0.325 e. The predicted octanol–water partition coefficient (Wildman–Crippen LogP) is 4.04. The van der Waals surface area contributed by atoms with Crippen molar-refractivity contribution >= 4 is 33.2 Å². The fraction of sp³-hybridized carbons (Fsp3) is 0.588. The summed E-state index contributed by atoms with van der Waals surface area (Å²) >= 11 is 1.79. The molecule has 4 nitrogen and oxygen atoms in total. The van der Waals surface area contributed by atoms with Gasteiger partial charge in [-0.2, -0.15) is 0 Å². The molecule has 0 aliphatic rings. The van der Waals surface area contributed by atoms with Crippen molar-refractivity contribution in [3.63, 3.8) is 0 Å². The summed E-state index contributed by atoms with van der Waals surface area (Å²) in [5.41, 5.74) is 1.59. The smallest absolute Gasteiger partial charge is 0.242 e. The van der Waals surface area contributed by atoms with Gasteiger partial charge in [-0.25, -0.2) is 8.42 Å². The number of rotatable bonds is 7. The third kappa shape index (κ3) is 5.24. The van der Waals surface area contributed by atoms with Gasteiger partial charge < -0.3 is 5.32 Å². The summed E-state index contributed by atoms with van der Waals surface area (Å²) in [5, 5.41) is 1.64. The Balaban J connectivity index is 2.87. The Hall–Kier alpha value is -1.01. The Kier molecular flexibility index (Phi) is 7.14. The molecule has 0 aliphatic heterocycles. The Morgan fingerprint density at radius 2 is 1.83 bits per heavy atom. The molecule has 0 aromatic heterocycles. The number of anilines is 1. The van der Waals surface area contributed by atoms with Crippen LogP contribution < -0.4 is 5.32 Å². The largest absolute Gasteiger partial charge is 0.325 e. The van der Waals surface area contributed by atoms with Gasteiger partial charge in [-0.3, -0.25) is 4.79 Å². The number of carbonyl (C=O) groups is 1. The molecule has 0 fully saturated rings. The van der Waals surface area contributed by atoms with E-state index in [-0.39, 0.29) is 0 Å². The molecular formula is C17H27NO3S2. The lowest BCUT2D eigenvalue weighted by Gasteiger charge is -2.17. The monoisotopic (exact) mass is 357 g/mol. The van der Waals surface area contributed by atoms with Gasteiger partial charge in [0.05, 0.1) is 5.25 Å². The van der Waals surface area contributed by atoms with E-state index in [0.29, 0.717) is 10.9 Å². The maximum atomic E-state index is 12.2. The van der Waals surface area contributed by atoms with Crippen LogP contribution in [0.5, 0.6) is 0 Å². The van der Waals surface area contributed by atoms with Gasteiger partial charge in [-0.15, -0.1) is 11.8 Å². The molecule has 1 aromatic carbocycles. The lowest BCUT2D eigenvalue weighted by Crippen LogP contribution is -2.36. The molecule has 0 aliphatic carbocycles. The highest BCUT2D eigenvalue weighted by molar-refractivity contribution is 8.00. The highest BCUT2D eigenvalue weighted by atomic mass is 32.2. The van der Waals surface area contributed by atoms with Crippen LogP contribution in [0.4, 0.5) is 5.69 Å². The van der Waals surface area contributed by atoms with Crippen molar-refractivity contribution in [2.75, 3.05) is 5.32 Å². The van der Waals surface area contributed by atoms with Gasteiger partial charge in [0.15, 0.2) is 9.84 Å². The van der Waals surface area contributed by atoms with Crippen LogP contribution in [-0.2, 0) is 14.6 Å². The molecule has 0 saturated carbocycles. The summed E-state index contributed by atoms with van der Waals surface area (Å²) in [4.78, 5) is 13.4. The minimum absolute atomic E-state index is 0.482. The highest BCUT2D eigenvalue weighted by Gasteiger charge is 2.30. The van der Waals surface area contributed by atoms with E-state index < -0.39 is 26.2 Å². The summed E-state index contributed by atoms with van der Waals surface area (Å²) in [6, 6.07) is 5.82. The minimum atomic E-state index is -3.45. The maximum Gasteiger partial charge on any atom is 0.242 e. The van der Waals surface area contributed by atoms with Crippen LogP contribution in [0.25, 0.3) is 0 Å². The van der Waals surface area contributed by atoms with E-state index >= 15 is 0 Å². The number of nitrogens with one attached hydrogen (secondary N) is 1. The number of amides is 1. The predicted molar refractivity (Wildman–Crippen MR) is 98.9 cm³/mol. The Bertz CT molecular complexity index is 654. The van der Waals surface area contributed by atoms with E-state index in [0.717, 1.165) is 16.9 Å². The highest BCUT2D eigenvalue weighted by Crippen LogP contribution is 2.28. The van der Waals surface area contributed by atoms with Gasteiger partial charge in [0.25, 0.3) is 0 Å². The Morgan fingerprint density at radius 1 is 1.22 bits per heavy atom. The average molecular weight is 358 g/mol. The first-order chi connectivity index (χ1) is 10.6. The van der Waals surface area contributed by atoms with Crippen LogP contribution in [-0.4, -0.2) is 30.1 Å². The number of hydrogen-bond donors (Lipinski definition) is 1. The molecule has 0 unspecified atom stereocenters. The quantitative estimate of drug-likeness (QED) is 0.748. The summed E-state index contributed by atoms with van der Waals surface area (Å²) in [7, 11) is -3.45. The summed E-state index contributed by atoms with van der Waals surface area (Å²) in [6.45, 7) is 10.9. The van der Waals surface area contributed by atoms with Crippen LogP contribution >= 0.6 is 11.8 Å². The van der Waals surface area contributed by atoms with E-state index in [1.54, 1.807) is 25.6 Å². The number of aryl methyl sites for hydroxylation is 1. The second kappa shape index (κ2) is 8.20. The molecule has 0 radical (unpaired) electrons. The Labute approximate surface area is 144 Å². The van der Waals surface area contributed by atoms with Crippen molar-refractivity contribution in [1.29, 1.82) is 0 Å².